The summed E-state index contributed by atoms with van der Waals surface area (Å²) in [7, 11) is 0. The predicted molar refractivity (Wildman–Crippen MR) is 83.0 cm³/mol. The first-order valence-electron chi connectivity index (χ1n) is 7.22. The number of rotatable bonds is 8. The fraction of sp³-hybridized carbons (Fsp3) is 0.400. The second kappa shape index (κ2) is 8.04. The molecule has 2 aromatic rings. The Labute approximate surface area is 124 Å². The van der Waals surface area contributed by atoms with E-state index in [4.69, 9.17) is 11.1 Å². The molecular weight excluding hydrogens is 264 g/mol. The Balaban J connectivity index is 1.70. The van der Waals surface area contributed by atoms with Gasteiger partial charge in [0, 0.05) is 36.9 Å². The largest absolute Gasteiger partial charge is 0.370 e. The van der Waals surface area contributed by atoms with E-state index in [-0.39, 0.29) is 5.96 Å². The molecule has 2 aromatic heterocycles. The van der Waals surface area contributed by atoms with Gasteiger partial charge >= 0.3 is 0 Å². The molecule has 0 aliphatic rings. The Morgan fingerprint density at radius 2 is 2.05 bits per heavy atom. The molecule has 2 heterocycles. The summed E-state index contributed by atoms with van der Waals surface area (Å²) in [5.74, 6) is 0.139. The van der Waals surface area contributed by atoms with Gasteiger partial charge in [0.2, 0.25) is 0 Å². The molecule has 0 aliphatic carbocycles. The molecule has 0 atom stereocenters. The third-order valence-corrected chi connectivity index (χ3v) is 3.36. The zero-order valence-corrected chi connectivity index (χ0v) is 12.1. The number of pyridine rings is 1. The van der Waals surface area contributed by atoms with Gasteiger partial charge in [-0.1, -0.05) is 6.07 Å². The molecular formula is C15H22N6. The maximum Gasteiger partial charge on any atom is 0.188 e. The highest BCUT2D eigenvalue weighted by molar-refractivity contribution is 5.74. The molecule has 0 aromatic carbocycles. The minimum absolute atomic E-state index is 0.139. The van der Waals surface area contributed by atoms with Gasteiger partial charge in [0.15, 0.2) is 5.96 Å². The van der Waals surface area contributed by atoms with Crippen LogP contribution in [0.5, 0.6) is 0 Å². The Morgan fingerprint density at radius 1 is 1.24 bits per heavy atom. The highest BCUT2D eigenvalue weighted by Crippen LogP contribution is 2.03. The molecule has 112 valence electrons. The van der Waals surface area contributed by atoms with E-state index in [1.807, 2.05) is 35.5 Å². The second-order valence-corrected chi connectivity index (χ2v) is 4.98. The molecule has 2 rings (SSSR count). The molecule has 6 nitrogen and oxygen atoms in total. The standard InChI is InChI=1S/C15H22N6/c16-15(17)21(10-4-7-14-11-18-12-20-14)9-3-6-13-5-1-2-8-19-13/h1-2,5,8,11-12H,3-4,6-7,9-10H2,(H3,16,17)(H,18,20). The molecule has 0 saturated carbocycles. The third kappa shape index (κ3) is 5.25. The van der Waals surface area contributed by atoms with Gasteiger partial charge in [-0.25, -0.2) is 4.98 Å². The maximum absolute atomic E-state index is 7.66. The Morgan fingerprint density at radius 3 is 2.67 bits per heavy atom. The van der Waals surface area contributed by atoms with E-state index >= 15 is 0 Å². The number of hydrogen-bond acceptors (Lipinski definition) is 3. The van der Waals surface area contributed by atoms with Gasteiger partial charge in [-0.2, -0.15) is 0 Å². The molecule has 6 heteroatoms. The van der Waals surface area contributed by atoms with Crippen molar-refractivity contribution >= 4 is 5.96 Å². The third-order valence-electron chi connectivity index (χ3n) is 3.36. The predicted octanol–water partition coefficient (Wildman–Crippen LogP) is 1.57. The zero-order valence-electron chi connectivity index (χ0n) is 12.1. The van der Waals surface area contributed by atoms with Crippen LogP contribution in [0, 0.1) is 5.41 Å². The monoisotopic (exact) mass is 286 g/mol. The number of nitrogens with two attached hydrogens (primary N) is 1. The van der Waals surface area contributed by atoms with E-state index in [2.05, 4.69) is 15.0 Å². The van der Waals surface area contributed by atoms with Gasteiger partial charge in [0.1, 0.15) is 0 Å². The van der Waals surface area contributed by atoms with Crippen LogP contribution >= 0.6 is 0 Å². The van der Waals surface area contributed by atoms with Gasteiger partial charge in [0.05, 0.1) is 6.33 Å². The molecule has 4 N–H and O–H groups in total. The van der Waals surface area contributed by atoms with Crippen molar-refractivity contribution in [2.45, 2.75) is 25.7 Å². The topological polar surface area (TPSA) is 94.7 Å². The number of imidazole rings is 1. The van der Waals surface area contributed by atoms with E-state index in [0.717, 1.165) is 50.2 Å². The fourth-order valence-corrected chi connectivity index (χ4v) is 2.23. The summed E-state index contributed by atoms with van der Waals surface area (Å²) in [6.45, 7) is 1.57. The number of aromatic amines is 1. The van der Waals surface area contributed by atoms with E-state index in [1.165, 1.54) is 0 Å². The Bertz CT molecular complexity index is 522. The normalized spacial score (nSPS) is 10.5. The number of nitrogens with one attached hydrogen (secondary N) is 2. The number of aryl methyl sites for hydroxylation is 2. The SMILES string of the molecule is N=C(N)N(CCCc1ccccn1)CCCc1cnc[nH]1. The van der Waals surface area contributed by atoms with Crippen molar-refractivity contribution in [1.29, 1.82) is 5.41 Å². The van der Waals surface area contributed by atoms with Crippen molar-refractivity contribution in [2.75, 3.05) is 13.1 Å². The molecule has 0 bridgehead atoms. The van der Waals surface area contributed by atoms with Gasteiger partial charge in [-0.05, 0) is 37.8 Å². The van der Waals surface area contributed by atoms with Gasteiger partial charge in [-0.3, -0.25) is 10.4 Å². The second-order valence-electron chi connectivity index (χ2n) is 4.98. The van der Waals surface area contributed by atoms with Crippen molar-refractivity contribution in [1.82, 2.24) is 19.9 Å². The molecule has 0 unspecified atom stereocenters. The quantitative estimate of drug-likeness (QED) is 0.507. The summed E-state index contributed by atoms with van der Waals surface area (Å²) in [6, 6.07) is 5.94. The molecule has 0 aliphatic heterocycles. The summed E-state index contributed by atoms with van der Waals surface area (Å²) in [5, 5.41) is 7.66. The number of guanidine groups is 1. The van der Waals surface area contributed by atoms with E-state index in [9.17, 15) is 0 Å². The highest BCUT2D eigenvalue weighted by Gasteiger charge is 2.07. The molecule has 0 fully saturated rings. The van der Waals surface area contributed by atoms with Crippen molar-refractivity contribution in [2.24, 2.45) is 5.73 Å². The Kier molecular flexibility index (Phi) is 5.75. The van der Waals surface area contributed by atoms with Crippen LogP contribution in [0.3, 0.4) is 0 Å². The zero-order chi connectivity index (χ0) is 14.9. The first-order valence-corrected chi connectivity index (χ1v) is 7.22. The van der Waals surface area contributed by atoms with Crippen LogP contribution in [-0.4, -0.2) is 38.9 Å². The lowest BCUT2D eigenvalue weighted by atomic mass is 10.2. The molecule has 0 amide bonds. The average molecular weight is 286 g/mol. The average Bonchev–Trinajstić information content (AvgIpc) is 3.00. The molecule has 0 saturated heterocycles. The van der Waals surface area contributed by atoms with Crippen LogP contribution in [0.25, 0.3) is 0 Å². The molecule has 21 heavy (non-hydrogen) atoms. The Hall–Kier alpha value is -2.37. The van der Waals surface area contributed by atoms with Crippen molar-refractivity contribution < 1.29 is 0 Å². The minimum Gasteiger partial charge on any atom is -0.370 e. The number of nitrogens with zero attached hydrogens (tertiary/aromatic N) is 3. The van der Waals surface area contributed by atoms with Crippen molar-refractivity contribution in [3.05, 3.63) is 48.3 Å². The van der Waals surface area contributed by atoms with Crippen LogP contribution in [-0.2, 0) is 12.8 Å². The van der Waals surface area contributed by atoms with Crippen LogP contribution < -0.4 is 5.73 Å². The van der Waals surface area contributed by atoms with E-state index in [0.29, 0.717) is 0 Å². The smallest absolute Gasteiger partial charge is 0.188 e. The van der Waals surface area contributed by atoms with Crippen molar-refractivity contribution in [3.8, 4) is 0 Å². The van der Waals surface area contributed by atoms with E-state index < -0.39 is 0 Å². The van der Waals surface area contributed by atoms with Gasteiger partial charge in [0.25, 0.3) is 0 Å². The van der Waals surface area contributed by atoms with Crippen molar-refractivity contribution in [3.63, 3.8) is 0 Å². The van der Waals surface area contributed by atoms with Gasteiger partial charge in [-0.15, -0.1) is 0 Å². The van der Waals surface area contributed by atoms with Crippen LogP contribution in [0.15, 0.2) is 36.9 Å². The fourth-order valence-electron chi connectivity index (χ4n) is 2.23. The summed E-state index contributed by atoms with van der Waals surface area (Å²) in [6.07, 6.45) is 9.05. The first kappa shape index (κ1) is 15.0. The number of hydrogen-bond donors (Lipinski definition) is 3. The summed E-state index contributed by atoms with van der Waals surface area (Å²) in [5.41, 5.74) is 7.85. The first-order chi connectivity index (χ1) is 10.3. The number of H-pyrrole nitrogens is 1. The van der Waals surface area contributed by atoms with Crippen LogP contribution in [0.1, 0.15) is 24.2 Å². The summed E-state index contributed by atoms with van der Waals surface area (Å²) in [4.78, 5) is 13.3. The summed E-state index contributed by atoms with van der Waals surface area (Å²) >= 11 is 0. The van der Waals surface area contributed by atoms with Crippen LogP contribution in [0.2, 0.25) is 0 Å². The lowest BCUT2D eigenvalue weighted by Crippen LogP contribution is -2.38. The molecule has 0 radical (unpaired) electrons. The lowest BCUT2D eigenvalue weighted by Gasteiger charge is -2.22. The summed E-state index contributed by atoms with van der Waals surface area (Å²) < 4.78 is 0. The lowest BCUT2D eigenvalue weighted by molar-refractivity contribution is 0.394. The molecule has 0 spiro atoms. The van der Waals surface area contributed by atoms with E-state index in [1.54, 1.807) is 6.33 Å². The minimum atomic E-state index is 0.139. The maximum atomic E-state index is 7.66. The van der Waals surface area contributed by atoms with Gasteiger partial charge < -0.3 is 15.6 Å². The number of aromatic nitrogens is 3. The van der Waals surface area contributed by atoms with Crippen LogP contribution in [0.4, 0.5) is 0 Å². The highest BCUT2D eigenvalue weighted by atomic mass is 15.2.